The molecule has 0 radical (unpaired) electrons. The Kier molecular flexibility index (Phi) is 2.30. The summed E-state index contributed by atoms with van der Waals surface area (Å²) in [6, 6.07) is 8.80. The second-order valence-electron chi connectivity index (χ2n) is 2.87. The number of carbonyl (C=O) groups excluding carboxylic acids is 1. The molecule has 0 unspecified atom stereocenters. The summed E-state index contributed by atoms with van der Waals surface area (Å²) in [6.07, 6.45) is 1.83. The van der Waals surface area contributed by atoms with E-state index in [-0.39, 0.29) is 5.76 Å². The third-order valence-corrected chi connectivity index (χ3v) is 1.99. The maximum Gasteiger partial charge on any atom is 0.194 e. The SMILES string of the molecule is N#Cc1ccc(-c2ncoc2C=O)cc1. The van der Waals surface area contributed by atoms with Gasteiger partial charge in [0.05, 0.1) is 11.6 Å². The second kappa shape index (κ2) is 3.76. The van der Waals surface area contributed by atoms with Crippen LogP contribution in [0.3, 0.4) is 0 Å². The number of oxazole rings is 1. The topological polar surface area (TPSA) is 66.9 Å². The van der Waals surface area contributed by atoms with Gasteiger partial charge in [-0.15, -0.1) is 0 Å². The highest BCUT2D eigenvalue weighted by Crippen LogP contribution is 2.20. The molecule has 0 aliphatic carbocycles. The lowest BCUT2D eigenvalue weighted by Gasteiger charge is -1.96. The van der Waals surface area contributed by atoms with E-state index >= 15 is 0 Å². The summed E-state index contributed by atoms with van der Waals surface area (Å²) in [5.41, 5.74) is 1.81. The van der Waals surface area contributed by atoms with Crippen molar-refractivity contribution in [3.8, 4) is 17.3 Å². The van der Waals surface area contributed by atoms with Crippen LogP contribution in [0, 0.1) is 11.3 Å². The smallest absolute Gasteiger partial charge is 0.194 e. The van der Waals surface area contributed by atoms with Crippen LogP contribution in [-0.2, 0) is 0 Å². The zero-order valence-electron chi connectivity index (χ0n) is 7.68. The van der Waals surface area contributed by atoms with E-state index in [2.05, 4.69) is 4.98 Å². The van der Waals surface area contributed by atoms with Crippen LogP contribution in [0.15, 0.2) is 35.1 Å². The number of nitrogens with zero attached hydrogens (tertiary/aromatic N) is 2. The number of rotatable bonds is 2. The minimum Gasteiger partial charge on any atom is -0.440 e. The van der Waals surface area contributed by atoms with Gasteiger partial charge in [0.2, 0.25) is 0 Å². The fourth-order valence-electron chi connectivity index (χ4n) is 1.26. The summed E-state index contributed by atoms with van der Waals surface area (Å²) < 4.78 is 4.88. The van der Waals surface area contributed by atoms with Crippen molar-refractivity contribution < 1.29 is 9.21 Å². The minimum atomic E-state index is 0.194. The van der Waals surface area contributed by atoms with Crippen LogP contribution in [0.25, 0.3) is 11.3 Å². The molecule has 0 bridgehead atoms. The van der Waals surface area contributed by atoms with Crippen LogP contribution in [0.1, 0.15) is 16.1 Å². The van der Waals surface area contributed by atoms with Crippen molar-refractivity contribution in [3.63, 3.8) is 0 Å². The molecule has 1 aromatic heterocycles. The fraction of sp³-hybridized carbons (Fsp3) is 0. The Balaban J connectivity index is 2.46. The van der Waals surface area contributed by atoms with Crippen LogP contribution < -0.4 is 0 Å². The number of carbonyl (C=O) groups is 1. The fourth-order valence-corrected chi connectivity index (χ4v) is 1.26. The molecule has 0 aliphatic rings. The molecule has 0 saturated heterocycles. The summed E-state index contributed by atoms with van der Waals surface area (Å²) in [7, 11) is 0. The van der Waals surface area contributed by atoms with Crippen molar-refractivity contribution in [2.75, 3.05) is 0 Å². The lowest BCUT2D eigenvalue weighted by Crippen LogP contribution is -1.84. The van der Waals surface area contributed by atoms with Gasteiger partial charge in [0.25, 0.3) is 0 Å². The van der Waals surface area contributed by atoms with Crippen molar-refractivity contribution in [1.82, 2.24) is 4.98 Å². The van der Waals surface area contributed by atoms with Gasteiger partial charge in [0.15, 0.2) is 18.4 Å². The highest BCUT2D eigenvalue weighted by Gasteiger charge is 2.08. The van der Waals surface area contributed by atoms with E-state index in [1.54, 1.807) is 24.3 Å². The van der Waals surface area contributed by atoms with Gasteiger partial charge >= 0.3 is 0 Å². The Morgan fingerprint density at radius 2 is 2.07 bits per heavy atom. The molecule has 0 atom stereocenters. The maximum absolute atomic E-state index is 10.6. The molecule has 0 fully saturated rings. The van der Waals surface area contributed by atoms with Gasteiger partial charge in [0.1, 0.15) is 5.69 Å². The highest BCUT2D eigenvalue weighted by atomic mass is 16.3. The molecular weight excluding hydrogens is 192 g/mol. The van der Waals surface area contributed by atoms with Crippen LogP contribution in [0.4, 0.5) is 0 Å². The number of aromatic nitrogens is 1. The Labute approximate surface area is 85.8 Å². The number of benzene rings is 1. The molecule has 0 spiro atoms. The van der Waals surface area contributed by atoms with Gasteiger partial charge < -0.3 is 4.42 Å². The van der Waals surface area contributed by atoms with E-state index in [0.29, 0.717) is 17.5 Å². The number of nitriles is 1. The van der Waals surface area contributed by atoms with Gasteiger partial charge in [-0.25, -0.2) is 4.98 Å². The Hall–Kier alpha value is -2.41. The van der Waals surface area contributed by atoms with Gasteiger partial charge in [-0.2, -0.15) is 5.26 Å². The van der Waals surface area contributed by atoms with Crippen LogP contribution >= 0.6 is 0 Å². The van der Waals surface area contributed by atoms with E-state index in [1.807, 2.05) is 6.07 Å². The summed E-state index contributed by atoms with van der Waals surface area (Å²) >= 11 is 0. The Morgan fingerprint density at radius 3 is 2.67 bits per heavy atom. The largest absolute Gasteiger partial charge is 0.440 e. The monoisotopic (exact) mass is 198 g/mol. The molecule has 72 valence electrons. The first-order valence-corrected chi connectivity index (χ1v) is 4.24. The zero-order chi connectivity index (χ0) is 10.7. The molecule has 2 rings (SSSR count). The van der Waals surface area contributed by atoms with E-state index in [1.165, 1.54) is 6.39 Å². The third-order valence-electron chi connectivity index (χ3n) is 1.99. The molecule has 4 heteroatoms. The summed E-state index contributed by atoms with van der Waals surface area (Å²) in [5, 5.41) is 8.62. The van der Waals surface area contributed by atoms with Crippen molar-refractivity contribution in [1.29, 1.82) is 5.26 Å². The molecule has 0 aliphatic heterocycles. The van der Waals surface area contributed by atoms with Crippen molar-refractivity contribution in [2.24, 2.45) is 0 Å². The predicted octanol–water partition coefficient (Wildman–Crippen LogP) is 2.03. The number of aldehydes is 1. The second-order valence-corrected chi connectivity index (χ2v) is 2.87. The molecule has 2 aromatic rings. The van der Waals surface area contributed by atoms with Gasteiger partial charge in [-0.3, -0.25) is 4.79 Å². The standard InChI is InChI=1S/C11H6N2O2/c12-5-8-1-3-9(4-2-8)11-10(6-14)15-7-13-11/h1-4,6-7H. The predicted molar refractivity (Wildman–Crippen MR) is 52.0 cm³/mol. The van der Waals surface area contributed by atoms with Gasteiger partial charge in [0, 0.05) is 5.56 Å². The van der Waals surface area contributed by atoms with E-state index in [4.69, 9.17) is 9.68 Å². The molecule has 4 nitrogen and oxygen atoms in total. The minimum absolute atomic E-state index is 0.194. The molecule has 0 N–H and O–H groups in total. The highest BCUT2D eigenvalue weighted by molar-refractivity contribution is 5.82. The van der Waals surface area contributed by atoms with Crippen molar-refractivity contribution in [2.45, 2.75) is 0 Å². The molecule has 1 aromatic carbocycles. The number of hydrogen-bond acceptors (Lipinski definition) is 4. The summed E-state index contributed by atoms with van der Waals surface area (Å²) in [4.78, 5) is 14.5. The Bertz CT molecular complexity index is 520. The quantitative estimate of drug-likeness (QED) is 0.692. The van der Waals surface area contributed by atoms with Crippen LogP contribution in [0.2, 0.25) is 0 Å². The Morgan fingerprint density at radius 1 is 1.33 bits per heavy atom. The molecule has 15 heavy (non-hydrogen) atoms. The van der Waals surface area contributed by atoms with Gasteiger partial charge in [-0.05, 0) is 12.1 Å². The van der Waals surface area contributed by atoms with Crippen LogP contribution in [-0.4, -0.2) is 11.3 Å². The normalized spacial score (nSPS) is 9.53. The molecule has 1 heterocycles. The first-order chi connectivity index (χ1) is 7.35. The lowest BCUT2D eigenvalue weighted by atomic mass is 10.1. The van der Waals surface area contributed by atoms with E-state index in [9.17, 15) is 4.79 Å². The molecule has 0 saturated carbocycles. The molecular formula is C11H6N2O2. The zero-order valence-corrected chi connectivity index (χ0v) is 7.68. The first-order valence-electron chi connectivity index (χ1n) is 4.24. The third kappa shape index (κ3) is 1.63. The molecule has 0 amide bonds. The number of hydrogen-bond donors (Lipinski definition) is 0. The van der Waals surface area contributed by atoms with E-state index < -0.39 is 0 Å². The summed E-state index contributed by atoms with van der Waals surface area (Å²) in [5.74, 6) is 0.194. The average Bonchev–Trinajstić information content (AvgIpc) is 2.77. The summed E-state index contributed by atoms with van der Waals surface area (Å²) in [6.45, 7) is 0. The maximum atomic E-state index is 10.6. The van der Waals surface area contributed by atoms with Crippen LogP contribution in [0.5, 0.6) is 0 Å². The average molecular weight is 198 g/mol. The van der Waals surface area contributed by atoms with E-state index in [0.717, 1.165) is 5.56 Å². The first kappa shape index (κ1) is 9.16. The van der Waals surface area contributed by atoms with Gasteiger partial charge in [-0.1, -0.05) is 12.1 Å². The van der Waals surface area contributed by atoms with Crippen molar-refractivity contribution >= 4 is 6.29 Å². The van der Waals surface area contributed by atoms with Crippen molar-refractivity contribution in [3.05, 3.63) is 42.0 Å². The lowest BCUT2D eigenvalue weighted by molar-refractivity contribution is 0.110.